The number of carbonyl (C=O) groups excluding carboxylic acids is 2. The van der Waals surface area contributed by atoms with Crippen LogP contribution in [0, 0.1) is 0 Å². The Kier molecular flexibility index (Phi) is 5.38. The number of ether oxygens (including phenoxy) is 1. The summed E-state index contributed by atoms with van der Waals surface area (Å²) in [7, 11) is 0. The van der Waals surface area contributed by atoms with E-state index in [1.807, 2.05) is 29.6 Å². The van der Waals surface area contributed by atoms with Crippen LogP contribution in [0.3, 0.4) is 0 Å². The Bertz CT molecular complexity index is 702. The fraction of sp³-hybridized carbons (Fsp3) is 0.412. The van der Waals surface area contributed by atoms with Gasteiger partial charge < -0.3 is 15.2 Å². The molecule has 23 heavy (non-hydrogen) atoms. The maximum atomic E-state index is 12.2. The first-order chi connectivity index (χ1) is 10.8. The second kappa shape index (κ2) is 7.10. The molecule has 0 saturated heterocycles. The molecule has 0 bridgehead atoms. The highest BCUT2D eigenvalue weighted by Crippen LogP contribution is 2.25. The first kappa shape index (κ1) is 17.4. The van der Waals surface area contributed by atoms with E-state index in [1.54, 1.807) is 32.1 Å². The number of hydrogen-bond acceptors (Lipinski definition) is 5. The summed E-state index contributed by atoms with van der Waals surface area (Å²) in [6.45, 7) is 4.71. The van der Waals surface area contributed by atoms with E-state index in [0.29, 0.717) is 0 Å². The average molecular weight is 335 g/mol. The predicted octanol–water partition coefficient (Wildman–Crippen LogP) is 2.26. The third kappa shape index (κ3) is 4.77. The zero-order valence-electron chi connectivity index (χ0n) is 13.5. The average Bonchev–Trinajstić information content (AvgIpc) is 2.86. The third-order valence-corrected chi connectivity index (χ3v) is 4.13. The Morgan fingerprint density at radius 2 is 2.00 bits per heavy atom. The number of carbonyl (C=O) groups is 2. The van der Waals surface area contributed by atoms with E-state index in [-0.39, 0.29) is 12.3 Å². The monoisotopic (exact) mass is 335 g/mol. The van der Waals surface area contributed by atoms with Gasteiger partial charge in [-0.1, -0.05) is 18.2 Å². The van der Waals surface area contributed by atoms with Crippen LogP contribution in [0.1, 0.15) is 26.3 Å². The second-order valence-corrected chi connectivity index (χ2v) is 7.18. The predicted molar refractivity (Wildman–Crippen MR) is 90.4 cm³/mol. The van der Waals surface area contributed by atoms with E-state index < -0.39 is 24.2 Å². The standard InChI is InChI=1S/C17H21NO4S/c1-17(2,3)22-16(21)13(9-19)18-15(20)8-11-10-23-14-7-5-4-6-12(11)14/h4-7,10,13,19H,8-9H2,1-3H3,(H,18,20). The second-order valence-electron chi connectivity index (χ2n) is 6.27. The Labute approximate surface area is 139 Å². The third-order valence-electron chi connectivity index (χ3n) is 3.12. The molecule has 0 fully saturated rings. The van der Waals surface area contributed by atoms with Crippen molar-refractivity contribution in [1.29, 1.82) is 0 Å². The lowest BCUT2D eigenvalue weighted by Gasteiger charge is -2.23. The first-order valence-corrected chi connectivity index (χ1v) is 8.26. The lowest BCUT2D eigenvalue weighted by molar-refractivity contribution is -0.159. The van der Waals surface area contributed by atoms with Crippen molar-refractivity contribution in [2.75, 3.05) is 6.61 Å². The molecule has 1 unspecified atom stereocenters. The molecule has 2 rings (SSSR count). The summed E-state index contributed by atoms with van der Waals surface area (Å²) in [4.78, 5) is 24.1. The molecule has 1 heterocycles. The molecule has 2 aromatic rings. The molecule has 0 aliphatic heterocycles. The minimum atomic E-state index is -1.05. The largest absolute Gasteiger partial charge is 0.458 e. The van der Waals surface area contributed by atoms with Gasteiger partial charge in [0.25, 0.3) is 0 Å². The van der Waals surface area contributed by atoms with E-state index in [4.69, 9.17) is 4.74 Å². The molecule has 0 saturated carbocycles. The van der Waals surface area contributed by atoms with Gasteiger partial charge in [-0.05, 0) is 43.2 Å². The molecule has 1 amide bonds. The molecule has 1 atom stereocenters. The quantitative estimate of drug-likeness (QED) is 0.822. The molecule has 1 aromatic heterocycles. The molecule has 0 spiro atoms. The number of aliphatic hydroxyl groups excluding tert-OH is 1. The van der Waals surface area contributed by atoms with Gasteiger partial charge in [-0.2, -0.15) is 0 Å². The molecule has 124 valence electrons. The highest BCUT2D eigenvalue weighted by molar-refractivity contribution is 7.17. The summed E-state index contributed by atoms with van der Waals surface area (Å²) in [6, 6.07) is 6.79. The van der Waals surface area contributed by atoms with Gasteiger partial charge in [0.1, 0.15) is 5.60 Å². The molecule has 2 N–H and O–H groups in total. The van der Waals surface area contributed by atoms with Crippen LogP contribution in [0.4, 0.5) is 0 Å². The van der Waals surface area contributed by atoms with Gasteiger partial charge in [-0.15, -0.1) is 11.3 Å². The van der Waals surface area contributed by atoms with Crippen LogP contribution in [0.2, 0.25) is 0 Å². The van der Waals surface area contributed by atoms with Gasteiger partial charge in [0, 0.05) is 4.70 Å². The molecule has 0 aliphatic rings. The summed E-state index contributed by atoms with van der Waals surface area (Å²) in [5, 5.41) is 14.8. The summed E-state index contributed by atoms with van der Waals surface area (Å²) in [5.41, 5.74) is 0.239. The molecule has 0 aliphatic carbocycles. The van der Waals surface area contributed by atoms with Gasteiger partial charge in [0.15, 0.2) is 6.04 Å². The Morgan fingerprint density at radius 3 is 2.65 bits per heavy atom. The van der Waals surface area contributed by atoms with Crippen molar-refractivity contribution in [1.82, 2.24) is 5.32 Å². The number of esters is 1. The number of nitrogens with one attached hydrogen (secondary N) is 1. The Morgan fingerprint density at radius 1 is 1.30 bits per heavy atom. The van der Waals surface area contributed by atoms with Crippen LogP contribution in [0.15, 0.2) is 29.6 Å². The number of rotatable bonds is 5. The fourth-order valence-electron chi connectivity index (χ4n) is 2.14. The highest BCUT2D eigenvalue weighted by atomic mass is 32.1. The van der Waals surface area contributed by atoms with Gasteiger partial charge >= 0.3 is 5.97 Å². The van der Waals surface area contributed by atoms with Crippen LogP contribution >= 0.6 is 11.3 Å². The highest BCUT2D eigenvalue weighted by Gasteiger charge is 2.26. The summed E-state index contributed by atoms with van der Waals surface area (Å²) >= 11 is 1.57. The molecular weight excluding hydrogens is 314 g/mol. The van der Waals surface area contributed by atoms with Crippen molar-refractivity contribution in [2.24, 2.45) is 0 Å². The Hall–Kier alpha value is -1.92. The van der Waals surface area contributed by atoms with E-state index in [2.05, 4.69) is 5.32 Å². The lowest BCUT2D eigenvalue weighted by Crippen LogP contribution is -2.46. The molecule has 1 aromatic carbocycles. The molecule has 6 heteroatoms. The maximum Gasteiger partial charge on any atom is 0.331 e. The van der Waals surface area contributed by atoms with Crippen LogP contribution in [0.25, 0.3) is 10.1 Å². The van der Waals surface area contributed by atoms with Crippen LogP contribution in [-0.2, 0) is 20.7 Å². The van der Waals surface area contributed by atoms with Crippen molar-refractivity contribution >= 4 is 33.3 Å². The van der Waals surface area contributed by atoms with Crippen LogP contribution < -0.4 is 5.32 Å². The van der Waals surface area contributed by atoms with E-state index in [0.717, 1.165) is 15.6 Å². The van der Waals surface area contributed by atoms with E-state index in [1.165, 1.54) is 0 Å². The van der Waals surface area contributed by atoms with Crippen molar-refractivity contribution < 1.29 is 19.4 Å². The van der Waals surface area contributed by atoms with Crippen molar-refractivity contribution in [3.63, 3.8) is 0 Å². The normalized spacial score (nSPS) is 12.9. The number of hydrogen-bond donors (Lipinski definition) is 2. The number of benzene rings is 1. The number of aliphatic hydroxyl groups is 1. The minimum Gasteiger partial charge on any atom is -0.458 e. The van der Waals surface area contributed by atoms with E-state index in [9.17, 15) is 14.7 Å². The number of fused-ring (bicyclic) bond motifs is 1. The first-order valence-electron chi connectivity index (χ1n) is 7.38. The molecule has 0 radical (unpaired) electrons. The summed E-state index contributed by atoms with van der Waals surface area (Å²) < 4.78 is 6.30. The topological polar surface area (TPSA) is 75.6 Å². The van der Waals surface area contributed by atoms with Crippen LogP contribution in [0.5, 0.6) is 0 Å². The fourth-order valence-corrected chi connectivity index (χ4v) is 3.10. The minimum absolute atomic E-state index is 0.156. The Balaban J connectivity index is 2.01. The SMILES string of the molecule is CC(C)(C)OC(=O)C(CO)NC(=O)Cc1csc2ccccc12. The zero-order valence-corrected chi connectivity index (χ0v) is 14.3. The maximum absolute atomic E-state index is 12.2. The van der Waals surface area contributed by atoms with Gasteiger partial charge in [0.2, 0.25) is 5.91 Å². The molecular formula is C17H21NO4S. The zero-order chi connectivity index (χ0) is 17.0. The summed E-state index contributed by atoms with van der Waals surface area (Å²) in [5.74, 6) is -0.956. The van der Waals surface area contributed by atoms with Crippen molar-refractivity contribution in [3.05, 3.63) is 35.2 Å². The molecule has 5 nitrogen and oxygen atoms in total. The number of thiophene rings is 1. The smallest absolute Gasteiger partial charge is 0.331 e. The van der Waals surface area contributed by atoms with Gasteiger partial charge in [-0.25, -0.2) is 4.79 Å². The number of amides is 1. The van der Waals surface area contributed by atoms with Crippen molar-refractivity contribution in [2.45, 2.75) is 38.8 Å². The van der Waals surface area contributed by atoms with E-state index >= 15 is 0 Å². The lowest BCUT2D eigenvalue weighted by atomic mass is 10.1. The van der Waals surface area contributed by atoms with Crippen molar-refractivity contribution in [3.8, 4) is 0 Å². The summed E-state index contributed by atoms with van der Waals surface area (Å²) in [6.07, 6.45) is 0.156. The van der Waals surface area contributed by atoms with Gasteiger partial charge in [0.05, 0.1) is 13.0 Å². The van der Waals surface area contributed by atoms with Gasteiger partial charge in [-0.3, -0.25) is 4.79 Å². The van der Waals surface area contributed by atoms with Crippen LogP contribution in [-0.4, -0.2) is 35.2 Å².